The lowest BCUT2D eigenvalue weighted by Crippen LogP contribution is -2.38. The van der Waals surface area contributed by atoms with E-state index in [0.717, 1.165) is 0 Å². The molecule has 1 aromatic carbocycles. The minimum atomic E-state index is -3.85. The Hall–Kier alpha value is -1.93. The Morgan fingerprint density at radius 2 is 2.14 bits per heavy atom. The standard InChI is InChI=1S/C13H16N2O5S/c1-20-13(17)10-4-2-3-5-11(10)21(18,19)14-8-9-6-7-12(16)15-9/h2-5,9,14H,6-8H2,1H3,(H,15,16). The van der Waals surface area contributed by atoms with Crippen LogP contribution in [0.2, 0.25) is 0 Å². The lowest BCUT2D eigenvalue weighted by atomic mass is 10.2. The van der Waals surface area contributed by atoms with Gasteiger partial charge in [-0.3, -0.25) is 4.79 Å². The fourth-order valence-electron chi connectivity index (χ4n) is 2.10. The summed E-state index contributed by atoms with van der Waals surface area (Å²) in [6.07, 6.45) is 0.977. The molecule has 2 N–H and O–H groups in total. The summed E-state index contributed by atoms with van der Waals surface area (Å²) in [4.78, 5) is 22.6. The highest BCUT2D eigenvalue weighted by Crippen LogP contribution is 2.16. The van der Waals surface area contributed by atoms with Gasteiger partial charge >= 0.3 is 5.97 Å². The van der Waals surface area contributed by atoms with Crippen LogP contribution in [0.4, 0.5) is 0 Å². The molecule has 0 aromatic heterocycles. The van der Waals surface area contributed by atoms with Gasteiger partial charge in [0.2, 0.25) is 15.9 Å². The molecule has 0 aliphatic carbocycles. The van der Waals surface area contributed by atoms with Gasteiger partial charge in [-0.25, -0.2) is 17.9 Å². The van der Waals surface area contributed by atoms with Crippen LogP contribution in [-0.4, -0.2) is 40.0 Å². The van der Waals surface area contributed by atoms with Crippen molar-refractivity contribution in [3.63, 3.8) is 0 Å². The Morgan fingerprint density at radius 1 is 1.43 bits per heavy atom. The molecule has 1 amide bonds. The molecule has 7 nitrogen and oxygen atoms in total. The first kappa shape index (κ1) is 15.5. The van der Waals surface area contributed by atoms with Crippen LogP contribution in [-0.2, 0) is 19.6 Å². The Kier molecular flexibility index (Phi) is 4.59. The van der Waals surface area contributed by atoms with Crippen molar-refractivity contribution in [1.82, 2.24) is 10.0 Å². The zero-order valence-electron chi connectivity index (χ0n) is 11.5. The summed E-state index contributed by atoms with van der Waals surface area (Å²) in [5.41, 5.74) is -0.0250. The second-order valence-corrected chi connectivity index (χ2v) is 6.38. The molecule has 1 unspecified atom stereocenters. The van der Waals surface area contributed by atoms with E-state index < -0.39 is 16.0 Å². The molecule has 1 heterocycles. The summed E-state index contributed by atoms with van der Waals surface area (Å²) in [7, 11) is -2.67. The van der Waals surface area contributed by atoms with Gasteiger partial charge in [-0.2, -0.15) is 0 Å². The minimum Gasteiger partial charge on any atom is -0.465 e. The van der Waals surface area contributed by atoms with Gasteiger partial charge in [0.1, 0.15) is 0 Å². The van der Waals surface area contributed by atoms with Crippen LogP contribution < -0.4 is 10.0 Å². The first-order valence-electron chi connectivity index (χ1n) is 6.40. The largest absolute Gasteiger partial charge is 0.465 e. The molecule has 2 rings (SSSR count). The van der Waals surface area contributed by atoms with E-state index in [1.165, 1.54) is 25.3 Å². The molecule has 0 saturated carbocycles. The Morgan fingerprint density at radius 3 is 2.76 bits per heavy atom. The molecule has 21 heavy (non-hydrogen) atoms. The number of methoxy groups -OCH3 is 1. The molecule has 1 fully saturated rings. The topological polar surface area (TPSA) is 102 Å². The number of ether oxygens (including phenoxy) is 1. The molecule has 114 valence electrons. The van der Waals surface area contributed by atoms with E-state index in [-0.39, 0.29) is 29.0 Å². The Bertz CT molecular complexity index is 656. The number of hydrogen-bond donors (Lipinski definition) is 2. The molecule has 1 saturated heterocycles. The van der Waals surface area contributed by atoms with Crippen LogP contribution in [0, 0.1) is 0 Å². The highest BCUT2D eigenvalue weighted by atomic mass is 32.2. The van der Waals surface area contributed by atoms with Gasteiger partial charge in [-0.05, 0) is 18.6 Å². The summed E-state index contributed by atoms with van der Waals surface area (Å²) < 4.78 is 31.5. The average Bonchev–Trinajstić information content (AvgIpc) is 2.90. The van der Waals surface area contributed by atoms with Gasteiger partial charge < -0.3 is 10.1 Å². The van der Waals surface area contributed by atoms with E-state index in [0.29, 0.717) is 12.8 Å². The summed E-state index contributed by atoms with van der Waals surface area (Å²) >= 11 is 0. The van der Waals surface area contributed by atoms with Crippen molar-refractivity contribution < 1.29 is 22.7 Å². The molecule has 1 aliphatic rings. The number of nitrogens with one attached hydrogen (secondary N) is 2. The van der Waals surface area contributed by atoms with Crippen molar-refractivity contribution in [2.75, 3.05) is 13.7 Å². The van der Waals surface area contributed by atoms with Crippen LogP contribution in [0.25, 0.3) is 0 Å². The first-order chi connectivity index (χ1) is 9.94. The maximum atomic E-state index is 12.3. The van der Waals surface area contributed by atoms with Crippen LogP contribution in [0.1, 0.15) is 23.2 Å². The predicted molar refractivity (Wildman–Crippen MR) is 74.1 cm³/mol. The first-order valence-corrected chi connectivity index (χ1v) is 7.88. The van der Waals surface area contributed by atoms with E-state index in [2.05, 4.69) is 14.8 Å². The van der Waals surface area contributed by atoms with Crippen molar-refractivity contribution in [2.24, 2.45) is 0 Å². The van der Waals surface area contributed by atoms with Crippen LogP contribution in [0.5, 0.6) is 0 Å². The maximum absolute atomic E-state index is 12.3. The number of carbonyl (C=O) groups is 2. The van der Waals surface area contributed by atoms with Gasteiger partial charge in [0, 0.05) is 19.0 Å². The molecule has 0 bridgehead atoms. The fourth-order valence-corrected chi connectivity index (χ4v) is 3.37. The zero-order chi connectivity index (χ0) is 15.5. The van der Waals surface area contributed by atoms with E-state index in [9.17, 15) is 18.0 Å². The number of amides is 1. The van der Waals surface area contributed by atoms with E-state index >= 15 is 0 Å². The fraction of sp³-hybridized carbons (Fsp3) is 0.385. The Balaban J connectivity index is 2.16. The SMILES string of the molecule is COC(=O)c1ccccc1S(=O)(=O)NCC1CCC(=O)N1. The van der Waals surface area contributed by atoms with Crippen molar-refractivity contribution in [1.29, 1.82) is 0 Å². The lowest BCUT2D eigenvalue weighted by Gasteiger charge is -2.13. The highest BCUT2D eigenvalue weighted by Gasteiger charge is 2.26. The summed E-state index contributed by atoms with van der Waals surface area (Å²) in [5.74, 6) is -0.806. The number of hydrogen-bond acceptors (Lipinski definition) is 5. The monoisotopic (exact) mass is 312 g/mol. The van der Waals surface area contributed by atoms with Gasteiger partial charge in [0.25, 0.3) is 0 Å². The number of carbonyl (C=O) groups excluding carboxylic acids is 2. The normalized spacial score (nSPS) is 18.3. The summed E-state index contributed by atoms with van der Waals surface area (Å²) in [6, 6.07) is 5.58. The lowest BCUT2D eigenvalue weighted by molar-refractivity contribution is -0.119. The molecule has 1 aliphatic heterocycles. The molecule has 1 aromatic rings. The predicted octanol–water partition coefficient (Wildman–Crippen LogP) is 0.0301. The number of sulfonamides is 1. The van der Waals surface area contributed by atoms with E-state index in [4.69, 9.17) is 0 Å². The third kappa shape index (κ3) is 3.59. The second-order valence-electron chi connectivity index (χ2n) is 4.64. The smallest absolute Gasteiger partial charge is 0.339 e. The maximum Gasteiger partial charge on any atom is 0.339 e. The average molecular weight is 312 g/mol. The Labute approximate surface area is 122 Å². The molecule has 0 spiro atoms. The molecule has 8 heteroatoms. The number of esters is 1. The molecular formula is C13H16N2O5S. The number of benzene rings is 1. The summed E-state index contributed by atoms with van der Waals surface area (Å²) in [6.45, 7) is 0.0869. The van der Waals surface area contributed by atoms with Gasteiger partial charge in [0.05, 0.1) is 17.6 Å². The third-order valence-corrected chi connectivity index (χ3v) is 4.67. The summed E-state index contributed by atoms with van der Waals surface area (Å²) in [5, 5.41) is 2.67. The van der Waals surface area contributed by atoms with Crippen LogP contribution in [0.3, 0.4) is 0 Å². The van der Waals surface area contributed by atoms with Crippen molar-refractivity contribution in [2.45, 2.75) is 23.8 Å². The van der Waals surface area contributed by atoms with Crippen LogP contribution >= 0.6 is 0 Å². The van der Waals surface area contributed by atoms with Gasteiger partial charge in [-0.1, -0.05) is 12.1 Å². The molecule has 1 atom stereocenters. The third-order valence-electron chi connectivity index (χ3n) is 3.19. The van der Waals surface area contributed by atoms with Crippen LogP contribution in [0.15, 0.2) is 29.2 Å². The van der Waals surface area contributed by atoms with Gasteiger partial charge in [0.15, 0.2) is 0 Å². The van der Waals surface area contributed by atoms with E-state index in [1.807, 2.05) is 0 Å². The van der Waals surface area contributed by atoms with Gasteiger partial charge in [-0.15, -0.1) is 0 Å². The second kappa shape index (κ2) is 6.23. The number of rotatable bonds is 5. The molecular weight excluding hydrogens is 296 g/mol. The van der Waals surface area contributed by atoms with Crippen molar-refractivity contribution in [3.8, 4) is 0 Å². The van der Waals surface area contributed by atoms with E-state index in [1.54, 1.807) is 6.07 Å². The molecule has 0 radical (unpaired) electrons. The minimum absolute atomic E-state index is 0.0250. The highest BCUT2D eigenvalue weighted by molar-refractivity contribution is 7.89. The quantitative estimate of drug-likeness (QED) is 0.747. The van der Waals surface area contributed by atoms with Crippen molar-refractivity contribution in [3.05, 3.63) is 29.8 Å². The van der Waals surface area contributed by atoms with Crippen molar-refractivity contribution >= 4 is 21.9 Å². The zero-order valence-corrected chi connectivity index (χ0v) is 12.3.